The summed E-state index contributed by atoms with van der Waals surface area (Å²) in [6.45, 7) is 5.78. The van der Waals surface area contributed by atoms with Crippen LogP contribution < -0.4 is 10.0 Å². The van der Waals surface area contributed by atoms with E-state index in [0.29, 0.717) is 22.8 Å². The van der Waals surface area contributed by atoms with Crippen molar-refractivity contribution in [3.63, 3.8) is 0 Å². The number of rotatable bonds is 5. The van der Waals surface area contributed by atoms with Crippen molar-refractivity contribution in [1.29, 1.82) is 0 Å². The lowest BCUT2D eigenvalue weighted by Crippen LogP contribution is -2.43. The number of hydrogen-bond acceptors (Lipinski definition) is 6. The molecule has 4 aromatic rings. The zero-order valence-electron chi connectivity index (χ0n) is 20.1. The number of hydrogen-bond donors (Lipinski definition) is 3. The second-order valence-corrected chi connectivity index (χ2v) is 9.89. The van der Waals surface area contributed by atoms with Crippen LogP contribution >= 0.6 is 0 Å². The predicted molar refractivity (Wildman–Crippen MR) is 129 cm³/mol. The van der Waals surface area contributed by atoms with Crippen LogP contribution in [0.15, 0.2) is 53.4 Å². The molecule has 1 aliphatic carbocycles. The van der Waals surface area contributed by atoms with Gasteiger partial charge in [-0.05, 0) is 50.8 Å². The summed E-state index contributed by atoms with van der Waals surface area (Å²) in [6, 6.07) is 9.01. The fourth-order valence-corrected chi connectivity index (χ4v) is 4.72. The van der Waals surface area contributed by atoms with Crippen LogP contribution in [-0.4, -0.2) is 36.6 Å². The minimum absolute atomic E-state index is 0.0429. The fourth-order valence-electron chi connectivity index (χ4n) is 4.72. The minimum atomic E-state index is -0.616. The normalized spacial score (nSPS) is 20.4. The van der Waals surface area contributed by atoms with Crippen molar-refractivity contribution in [2.75, 3.05) is 5.32 Å². The highest BCUT2D eigenvalue weighted by atomic mass is 16.5. The molecule has 3 heterocycles. The highest BCUT2D eigenvalue weighted by Gasteiger charge is 2.30. The Balaban J connectivity index is 1.51. The zero-order chi connectivity index (χ0) is 24.7. The Bertz CT molecular complexity index is 1360. The number of oxazole rings is 1. The van der Waals surface area contributed by atoms with Crippen molar-refractivity contribution < 1.29 is 24.3 Å². The van der Waals surface area contributed by atoms with Crippen LogP contribution in [0.1, 0.15) is 74.6 Å². The SMILES string of the molecule is CC(C)c1cccc(C(=O)Nc2cc3cn(C4CCC(C)(O)CC4)nc3cc2-c2ncco2)[n+]1O. The number of pyridine rings is 1. The minimum Gasteiger partial charge on any atom is -0.444 e. The zero-order valence-corrected chi connectivity index (χ0v) is 20.1. The van der Waals surface area contributed by atoms with Crippen LogP contribution in [-0.2, 0) is 0 Å². The Morgan fingerprint density at radius 2 is 2.06 bits per heavy atom. The van der Waals surface area contributed by atoms with Crippen LogP contribution in [0, 0.1) is 0 Å². The van der Waals surface area contributed by atoms with E-state index < -0.39 is 11.5 Å². The number of nitrogens with zero attached hydrogens (tertiary/aromatic N) is 4. The Morgan fingerprint density at radius 1 is 1.29 bits per heavy atom. The number of benzene rings is 1. The molecule has 0 spiro atoms. The van der Waals surface area contributed by atoms with Gasteiger partial charge in [-0.15, -0.1) is 0 Å². The summed E-state index contributed by atoms with van der Waals surface area (Å²) in [6.07, 6.45) is 8.15. The second-order valence-electron chi connectivity index (χ2n) is 9.89. The van der Waals surface area contributed by atoms with Crippen molar-refractivity contribution in [3.8, 4) is 11.5 Å². The smallest absolute Gasteiger partial charge is 0.325 e. The lowest BCUT2D eigenvalue weighted by molar-refractivity contribution is -0.911. The van der Waals surface area contributed by atoms with Crippen LogP contribution in [0.3, 0.4) is 0 Å². The Kier molecular flexibility index (Phi) is 5.80. The first kappa shape index (κ1) is 23.0. The van der Waals surface area contributed by atoms with Gasteiger partial charge in [0.25, 0.3) is 0 Å². The Labute approximate surface area is 203 Å². The molecule has 0 radical (unpaired) electrons. The fraction of sp³-hybridized carbons (Fsp3) is 0.385. The van der Waals surface area contributed by atoms with Gasteiger partial charge in [0.05, 0.1) is 34.6 Å². The molecule has 35 heavy (non-hydrogen) atoms. The maximum absolute atomic E-state index is 13.2. The Hall–Kier alpha value is -3.72. The first-order valence-corrected chi connectivity index (χ1v) is 11.9. The van der Waals surface area contributed by atoms with Gasteiger partial charge in [-0.25, -0.2) is 4.98 Å². The number of fused-ring (bicyclic) bond motifs is 1. The summed E-state index contributed by atoms with van der Waals surface area (Å²) in [4.78, 5) is 17.5. The van der Waals surface area contributed by atoms with Crippen molar-refractivity contribution in [3.05, 3.63) is 60.4 Å². The molecule has 3 aromatic heterocycles. The maximum Gasteiger partial charge on any atom is 0.325 e. The molecule has 9 heteroatoms. The van der Waals surface area contributed by atoms with Gasteiger partial charge < -0.3 is 14.8 Å². The van der Waals surface area contributed by atoms with Gasteiger partial charge in [-0.3, -0.25) is 14.7 Å². The van der Waals surface area contributed by atoms with E-state index in [1.165, 1.54) is 6.26 Å². The van der Waals surface area contributed by atoms with E-state index in [0.717, 1.165) is 41.3 Å². The topological polar surface area (TPSA) is 117 Å². The summed E-state index contributed by atoms with van der Waals surface area (Å²) in [7, 11) is 0. The van der Waals surface area contributed by atoms with Crippen molar-refractivity contribution >= 4 is 22.5 Å². The molecule has 1 amide bonds. The third kappa shape index (κ3) is 4.51. The van der Waals surface area contributed by atoms with E-state index in [1.807, 2.05) is 43.8 Å². The van der Waals surface area contributed by atoms with E-state index in [1.54, 1.807) is 24.4 Å². The molecule has 1 aromatic carbocycles. The molecule has 0 atom stereocenters. The summed E-state index contributed by atoms with van der Waals surface area (Å²) < 4.78 is 8.42. The summed E-state index contributed by atoms with van der Waals surface area (Å²) in [5, 5.41) is 29.5. The molecule has 5 rings (SSSR count). The number of anilines is 1. The van der Waals surface area contributed by atoms with Gasteiger partial charge in [-0.1, -0.05) is 13.8 Å². The third-order valence-corrected chi connectivity index (χ3v) is 6.80. The van der Waals surface area contributed by atoms with E-state index in [4.69, 9.17) is 9.52 Å². The van der Waals surface area contributed by atoms with E-state index in [-0.39, 0.29) is 17.7 Å². The van der Waals surface area contributed by atoms with Gasteiger partial charge in [0.1, 0.15) is 6.26 Å². The molecular formula is C26H30N5O4+. The van der Waals surface area contributed by atoms with Gasteiger partial charge in [-0.2, -0.15) is 5.10 Å². The number of aromatic nitrogens is 4. The van der Waals surface area contributed by atoms with Crippen molar-refractivity contribution in [1.82, 2.24) is 14.8 Å². The van der Waals surface area contributed by atoms with Gasteiger partial charge in [0.2, 0.25) is 11.6 Å². The first-order chi connectivity index (χ1) is 16.7. The predicted octanol–water partition coefficient (Wildman–Crippen LogP) is 4.46. The Morgan fingerprint density at radius 3 is 2.74 bits per heavy atom. The van der Waals surface area contributed by atoms with Gasteiger partial charge >= 0.3 is 11.6 Å². The highest BCUT2D eigenvalue weighted by molar-refractivity contribution is 6.05. The van der Waals surface area contributed by atoms with Crippen LogP contribution in [0.5, 0.6) is 0 Å². The molecule has 0 aliphatic heterocycles. The number of nitrogens with one attached hydrogen (secondary N) is 1. The second kappa shape index (κ2) is 8.81. The molecule has 1 fully saturated rings. The highest BCUT2D eigenvalue weighted by Crippen LogP contribution is 2.36. The number of aliphatic hydroxyl groups is 1. The first-order valence-electron chi connectivity index (χ1n) is 11.9. The van der Waals surface area contributed by atoms with Crippen LogP contribution in [0.2, 0.25) is 0 Å². The average molecular weight is 477 g/mol. The molecule has 1 aliphatic rings. The summed E-state index contributed by atoms with van der Waals surface area (Å²) in [5.74, 6) is -0.0522. The molecule has 9 nitrogen and oxygen atoms in total. The van der Waals surface area contributed by atoms with Gasteiger partial charge in [0.15, 0.2) is 0 Å². The van der Waals surface area contributed by atoms with Gasteiger partial charge in [0, 0.05) is 34.4 Å². The van der Waals surface area contributed by atoms with Crippen LogP contribution in [0.25, 0.3) is 22.4 Å². The molecule has 0 bridgehead atoms. The van der Waals surface area contributed by atoms with E-state index in [2.05, 4.69) is 10.3 Å². The summed E-state index contributed by atoms with van der Waals surface area (Å²) in [5.41, 5.74) is 2.00. The lowest BCUT2D eigenvalue weighted by atomic mass is 9.84. The quantitative estimate of drug-likeness (QED) is 0.289. The average Bonchev–Trinajstić information content (AvgIpc) is 3.48. The van der Waals surface area contributed by atoms with Crippen molar-refractivity contribution in [2.45, 2.75) is 64.0 Å². The largest absolute Gasteiger partial charge is 0.444 e. The molecule has 1 saturated carbocycles. The molecule has 0 unspecified atom stereocenters. The standard InChI is InChI=1S/C26H29N5O4/c1-16(2)22-5-4-6-23(31(22)34)24(32)28-21-13-17-15-30(18-7-9-26(3,33)10-8-18)29-20(17)14-19(21)25-27-11-12-35-25/h4-6,11-16,18,33H,7-10H2,1-3H3,(H-,28,32,34)/p+1. The molecule has 0 saturated heterocycles. The maximum atomic E-state index is 13.2. The molecular weight excluding hydrogens is 446 g/mol. The number of amides is 1. The van der Waals surface area contributed by atoms with Crippen molar-refractivity contribution in [2.24, 2.45) is 0 Å². The third-order valence-electron chi connectivity index (χ3n) is 6.80. The molecule has 3 N–H and O–H groups in total. The summed E-state index contributed by atoms with van der Waals surface area (Å²) >= 11 is 0. The monoisotopic (exact) mass is 476 g/mol. The van der Waals surface area contributed by atoms with Crippen LogP contribution in [0.4, 0.5) is 5.69 Å². The lowest BCUT2D eigenvalue weighted by Gasteiger charge is -2.33. The number of carbonyl (C=O) groups excluding carboxylic acids is 1. The van der Waals surface area contributed by atoms with E-state index in [9.17, 15) is 15.1 Å². The van der Waals surface area contributed by atoms with E-state index >= 15 is 0 Å². The number of carbonyl (C=O) groups is 1. The molecule has 182 valence electrons.